The molecule has 4 heterocycles. The number of fused-ring (bicyclic) bond motifs is 2. The van der Waals surface area contributed by atoms with Crippen molar-refractivity contribution in [3.05, 3.63) is 82.9 Å². The molecule has 53 heavy (non-hydrogen) atoms. The number of carbonyl (C=O) groups excluding carboxylic acids is 4. The number of anilines is 2. The molecule has 4 aliphatic heterocycles. The summed E-state index contributed by atoms with van der Waals surface area (Å²) < 4.78 is 19.1. The van der Waals surface area contributed by atoms with Crippen LogP contribution in [0.1, 0.15) is 51.2 Å². The smallest absolute Gasteiger partial charge is 0.313 e. The summed E-state index contributed by atoms with van der Waals surface area (Å²) in [5.74, 6) is -3.80. The van der Waals surface area contributed by atoms with Gasteiger partial charge in [-0.25, -0.2) is 0 Å². The Kier molecular flexibility index (Phi) is 12.4. The molecule has 0 unspecified atom stereocenters. The number of halogens is 1. The van der Waals surface area contributed by atoms with Gasteiger partial charge in [-0.1, -0.05) is 58.4 Å². The second kappa shape index (κ2) is 17.0. The van der Waals surface area contributed by atoms with Gasteiger partial charge in [-0.15, -0.1) is 0 Å². The monoisotopic (exact) mass is 792 g/mol. The van der Waals surface area contributed by atoms with Gasteiger partial charge in [0.25, 0.3) is 5.91 Å². The molecular weight excluding hydrogens is 744 g/mol. The van der Waals surface area contributed by atoms with Crippen LogP contribution in [0.15, 0.2) is 77.3 Å². The van der Waals surface area contributed by atoms with Crippen LogP contribution in [-0.4, -0.2) is 104 Å². The van der Waals surface area contributed by atoms with Crippen LogP contribution in [0.2, 0.25) is 0 Å². The highest BCUT2D eigenvalue weighted by atomic mass is 79.9. The third-order valence-corrected chi connectivity index (χ3v) is 11.4. The van der Waals surface area contributed by atoms with Crippen LogP contribution in [0, 0.1) is 11.8 Å². The number of rotatable bonds is 11. The second-order valence-corrected chi connectivity index (χ2v) is 14.8. The van der Waals surface area contributed by atoms with Crippen LogP contribution in [0.5, 0.6) is 0 Å². The maximum Gasteiger partial charge on any atom is 0.313 e. The minimum Gasteiger partial charge on any atom is -0.455 e. The average Bonchev–Trinajstić information content (AvgIpc) is 3.75. The Morgan fingerprint density at radius 3 is 2.40 bits per heavy atom. The van der Waals surface area contributed by atoms with Gasteiger partial charge in [0.2, 0.25) is 11.8 Å². The first-order valence-corrected chi connectivity index (χ1v) is 19.3. The number of hydrogen-bond acceptors (Lipinski definition) is 9. The van der Waals surface area contributed by atoms with Gasteiger partial charge in [-0.3, -0.25) is 19.2 Å². The first-order valence-electron chi connectivity index (χ1n) is 18.5. The van der Waals surface area contributed by atoms with Gasteiger partial charge in [0, 0.05) is 62.2 Å². The van der Waals surface area contributed by atoms with E-state index in [-0.39, 0.29) is 50.4 Å². The summed E-state index contributed by atoms with van der Waals surface area (Å²) >= 11 is 3.63. The normalized spacial score (nSPS) is 29.5. The highest BCUT2D eigenvalue weighted by molar-refractivity contribution is 9.11. The molecule has 1 spiro atoms. The van der Waals surface area contributed by atoms with Gasteiger partial charge in [0.05, 0.1) is 18.6 Å². The lowest BCUT2D eigenvalue weighted by Crippen LogP contribution is -2.56. The highest BCUT2D eigenvalue weighted by Crippen LogP contribution is 2.59. The van der Waals surface area contributed by atoms with E-state index in [4.69, 9.17) is 14.2 Å². The number of benzene rings is 2. The Morgan fingerprint density at radius 2 is 1.72 bits per heavy atom. The summed E-state index contributed by atoms with van der Waals surface area (Å²) in [6.45, 7) is 6.18. The maximum atomic E-state index is 15.2. The molecule has 0 aromatic heterocycles. The molecule has 3 amide bonds. The summed E-state index contributed by atoms with van der Waals surface area (Å²) in [5.41, 5.74) is 0.840. The fourth-order valence-electron chi connectivity index (χ4n) is 8.21. The van der Waals surface area contributed by atoms with Crippen molar-refractivity contribution in [2.24, 2.45) is 11.8 Å². The Hall–Kier alpha value is -4.04. The van der Waals surface area contributed by atoms with Crippen molar-refractivity contribution in [1.29, 1.82) is 0 Å². The topological polar surface area (TPSA) is 138 Å². The number of cyclic esters (lactones) is 1. The lowest BCUT2D eigenvalue weighted by atomic mass is 9.74. The molecule has 284 valence electrons. The molecule has 13 heteroatoms. The number of aliphatic hydroxyl groups excluding tert-OH is 1. The number of esters is 1. The number of unbranched alkanes of at least 4 members (excludes halogenated alkanes) is 1. The summed E-state index contributed by atoms with van der Waals surface area (Å²) in [5, 5.41) is 12.6. The van der Waals surface area contributed by atoms with E-state index in [1.165, 1.54) is 12.0 Å². The molecule has 2 N–H and O–H groups in total. The minimum absolute atomic E-state index is 0.0616. The summed E-state index contributed by atoms with van der Waals surface area (Å²) in [7, 11) is 1.51. The molecule has 5 bridgehead atoms. The van der Waals surface area contributed by atoms with Crippen molar-refractivity contribution >= 4 is 51.0 Å². The average molecular weight is 794 g/mol. The van der Waals surface area contributed by atoms with Gasteiger partial charge >= 0.3 is 5.97 Å². The van der Waals surface area contributed by atoms with Crippen molar-refractivity contribution in [2.75, 3.05) is 56.3 Å². The number of hydrogen-bond donors (Lipinski definition) is 2. The van der Waals surface area contributed by atoms with Crippen molar-refractivity contribution in [3.63, 3.8) is 0 Å². The quantitative estimate of drug-likeness (QED) is 0.194. The van der Waals surface area contributed by atoms with E-state index in [0.29, 0.717) is 35.0 Å². The highest BCUT2D eigenvalue weighted by Gasteiger charge is 2.75. The molecule has 2 saturated heterocycles. The molecule has 7 atom stereocenters. The fraction of sp³-hybridized carbons (Fsp3) is 0.500. The van der Waals surface area contributed by atoms with Crippen LogP contribution < -0.4 is 15.1 Å². The van der Waals surface area contributed by atoms with E-state index in [2.05, 4.69) is 40.0 Å². The number of amides is 3. The van der Waals surface area contributed by atoms with Crippen LogP contribution in [-0.2, 0) is 33.4 Å². The molecule has 2 aromatic carbocycles. The number of allylic oxidation sites excluding steroid dienone is 1. The van der Waals surface area contributed by atoms with Gasteiger partial charge in [0.1, 0.15) is 29.8 Å². The number of nitrogens with one attached hydrogen (secondary N) is 1. The van der Waals surface area contributed by atoms with Crippen LogP contribution >= 0.6 is 15.9 Å². The number of likely N-dealkylation sites (tertiary alicyclic amines) is 1. The molecule has 2 fully saturated rings. The molecule has 6 rings (SSSR count). The number of aliphatic hydroxyl groups is 1. The van der Waals surface area contributed by atoms with Crippen molar-refractivity contribution < 1.29 is 38.5 Å². The van der Waals surface area contributed by atoms with Crippen molar-refractivity contribution in [2.45, 2.75) is 69.4 Å². The Balaban J connectivity index is 1.46. The first kappa shape index (κ1) is 38.7. The summed E-state index contributed by atoms with van der Waals surface area (Å²) in [4.78, 5) is 63.1. The Bertz CT molecular complexity index is 1700. The van der Waals surface area contributed by atoms with Crippen LogP contribution in [0.4, 0.5) is 11.4 Å². The molecule has 4 aliphatic rings. The van der Waals surface area contributed by atoms with E-state index in [1.807, 2.05) is 66.7 Å². The molecular formula is C40H49BrN4O8. The summed E-state index contributed by atoms with van der Waals surface area (Å²) in [6, 6.07) is 15.0. The molecule has 0 radical (unpaired) electrons. The second-order valence-electron chi connectivity index (χ2n) is 13.8. The Morgan fingerprint density at radius 1 is 0.981 bits per heavy atom. The van der Waals surface area contributed by atoms with Crippen molar-refractivity contribution in [1.82, 2.24) is 10.2 Å². The van der Waals surface area contributed by atoms with E-state index < -0.39 is 47.7 Å². The number of nitrogens with zero attached hydrogens (tertiary/aromatic N) is 3. The summed E-state index contributed by atoms with van der Waals surface area (Å²) in [6.07, 6.45) is 5.14. The minimum atomic E-state index is -1.46. The molecule has 2 aromatic rings. The van der Waals surface area contributed by atoms with Crippen LogP contribution in [0.25, 0.3) is 0 Å². The van der Waals surface area contributed by atoms with Gasteiger partial charge in [-0.05, 0) is 69.0 Å². The zero-order valence-electron chi connectivity index (χ0n) is 30.5. The third kappa shape index (κ3) is 7.53. The Labute approximate surface area is 319 Å². The standard InChI is InChI=1S/C40H49BrN4O8/c1-4-43(5-2)27-17-19-28(20-18-27)44-21-11-7-10-16-31(47)42-30(25-51-3)34(26-14-8-6-9-15-26)52-39(50)32-33-37(48)45(22-12-13-23-46)36(38(44)49)40(33)24-29(41)35(32)53-40/h6-9,11,14-15,17-20,24,30,32-36,46H,4-5,10,12-13,16,21-23,25H2,1-3H3,(H,42,47)/b11-7-/t30-,32+,33-,34-,35+,36+,40-/m0/s1. The predicted octanol–water partition coefficient (Wildman–Crippen LogP) is 4.28. The van der Waals surface area contributed by atoms with E-state index in [9.17, 15) is 19.5 Å². The molecule has 12 nitrogen and oxygen atoms in total. The maximum absolute atomic E-state index is 15.2. The molecule has 0 saturated carbocycles. The SMILES string of the molecule is CCN(CC)c1ccc(N2C/C=C\CCC(=O)N[C@@H](COC)[C@H](c3ccccc3)OC(=O)[C@H]3[C@@H]4O[C@@]5(C=C4Br)[C@@H]3C(=O)N(CCCCO)[C@@H]5C2=O)cc1. The van der Waals surface area contributed by atoms with E-state index in [1.54, 1.807) is 11.0 Å². The lowest BCUT2D eigenvalue weighted by molar-refractivity contribution is -0.162. The number of methoxy groups -OCH3 is 1. The zero-order valence-corrected chi connectivity index (χ0v) is 32.1. The van der Waals surface area contributed by atoms with E-state index in [0.717, 1.165) is 18.8 Å². The van der Waals surface area contributed by atoms with E-state index >= 15 is 4.79 Å². The van der Waals surface area contributed by atoms with Crippen molar-refractivity contribution in [3.8, 4) is 0 Å². The number of ether oxygens (including phenoxy) is 3. The zero-order chi connectivity index (χ0) is 37.7. The predicted molar refractivity (Wildman–Crippen MR) is 203 cm³/mol. The fourth-order valence-corrected chi connectivity index (χ4v) is 8.94. The lowest BCUT2D eigenvalue weighted by Gasteiger charge is -2.36. The van der Waals surface area contributed by atoms with Gasteiger partial charge in [0.15, 0.2) is 0 Å². The van der Waals surface area contributed by atoms with Gasteiger partial charge < -0.3 is 39.3 Å². The third-order valence-electron chi connectivity index (χ3n) is 10.7. The van der Waals surface area contributed by atoms with Gasteiger partial charge in [-0.2, -0.15) is 0 Å². The van der Waals surface area contributed by atoms with Crippen LogP contribution in [0.3, 0.4) is 0 Å². The first-order chi connectivity index (χ1) is 25.7. The number of carbonyl (C=O) groups is 4. The largest absolute Gasteiger partial charge is 0.455 e. The molecule has 0 aliphatic carbocycles.